The zero-order chi connectivity index (χ0) is 26.9. The van der Waals surface area contributed by atoms with E-state index < -0.39 is 11.0 Å². The third-order valence-electron chi connectivity index (χ3n) is 9.37. The van der Waals surface area contributed by atoms with E-state index in [0.717, 1.165) is 39.5 Å². The van der Waals surface area contributed by atoms with Crippen molar-refractivity contribution in [3.05, 3.63) is 123 Å². The fourth-order valence-electron chi connectivity index (χ4n) is 7.92. The lowest BCUT2D eigenvalue weighted by Crippen LogP contribution is -2.59. The van der Waals surface area contributed by atoms with Crippen LogP contribution in [0.4, 0.5) is 0 Å². The Labute approximate surface area is 238 Å². The number of fused-ring (bicyclic) bond motifs is 2. The summed E-state index contributed by atoms with van der Waals surface area (Å²) in [6.07, 6.45) is 3.97. The van der Waals surface area contributed by atoms with Gasteiger partial charge >= 0.3 is 0 Å². The number of nitrogens with zero attached hydrogens (tertiary/aromatic N) is 1. The van der Waals surface area contributed by atoms with Crippen molar-refractivity contribution in [3.63, 3.8) is 0 Å². The molecule has 1 aliphatic heterocycles. The summed E-state index contributed by atoms with van der Waals surface area (Å²) >= 11 is 13.4. The molecule has 7 rings (SSSR count). The molecule has 2 aliphatic carbocycles. The quantitative estimate of drug-likeness (QED) is 0.236. The first-order chi connectivity index (χ1) is 18.9. The number of hydrogen-bond donors (Lipinski definition) is 0. The molecule has 0 unspecified atom stereocenters. The van der Waals surface area contributed by atoms with E-state index in [9.17, 15) is 4.79 Å². The van der Waals surface area contributed by atoms with Crippen LogP contribution in [0.15, 0.2) is 90.5 Å². The summed E-state index contributed by atoms with van der Waals surface area (Å²) in [4.78, 5) is 32.1. The number of benzene rings is 4. The van der Waals surface area contributed by atoms with Gasteiger partial charge in [-0.1, -0.05) is 96.0 Å². The van der Waals surface area contributed by atoms with Crippen molar-refractivity contribution in [2.75, 3.05) is 13.6 Å². The number of allylic oxidation sites excluding steroid dienone is 1. The second kappa shape index (κ2) is 8.89. The molecule has 0 bridgehead atoms. The summed E-state index contributed by atoms with van der Waals surface area (Å²) in [5, 5.41) is 3.22. The maximum atomic E-state index is 15.1. The average molecular weight is 553 g/mol. The molecule has 5 heteroatoms. The minimum absolute atomic E-state index is 0.0127. The summed E-state index contributed by atoms with van der Waals surface area (Å²) in [5.74, 6) is -0.216. The SMILES string of the molecule is CN1C[C@H](c2ccccc2Cl)[C@]2(CCC/C(=C\c3ccccc3Cl)C2=O)[C@]12C(=O)c1cccc3cccc2c13. The summed E-state index contributed by atoms with van der Waals surface area (Å²) in [5.41, 5.74) is 1.94. The van der Waals surface area contributed by atoms with Crippen LogP contribution >= 0.6 is 23.2 Å². The van der Waals surface area contributed by atoms with Crippen LogP contribution in [-0.2, 0) is 10.3 Å². The predicted octanol–water partition coefficient (Wildman–Crippen LogP) is 8.09. The van der Waals surface area contributed by atoms with E-state index in [-0.39, 0.29) is 17.5 Å². The summed E-state index contributed by atoms with van der Waals surface area (Å²) < 4.78 is 0. The Morgan fingerprint density at radius 1 is 0.846 bits per heavy atom. The van der Waals surface area contributed by atoms with E-state index >= 15 is 4.79 Å². The minimum Gasteiger partial charge on any atom is -0.294 e. The highest BCUT2D eigenvalue weighted by atomic mass is 35.5. The molecule has 4 aromatic carbocycles. The van der Waals surface area contributed by atoms with Crippen LogP contribution in [-0.4, -0.2) is 30.1 Å². The van der Waals surface area contributed by atoms with Crippen LogP contribution in [0.25, 0.3) is 16.8 Å². The molecule has 1 saturated carbocycles. The molecule has 3 atom stereocenters. The number of hydrogen-bond acceptors (Lipinski definition) is 3. The smallest absolute Gasteiger partial charge is 0.189 e. The number of rotatable bonds is 2. The van der Waals surface area contributed by atoms with Crippen molar-refractivity contribution in [2.24, 2.45) is 5.41 Å². The lowest BCUT2D eigenvalue weighted by molar-refractivity contribution is -0.132. The van der Waals surface area contributed by atoms with Gasteiger partial charge in [0.25, 0.3) is 0 Å². The average Bonchev–Trinajstić information content (AvgIpc) is 3.35. The fourth-order valence-corrected chi connectivity index (χ4v) is 8.38. The monoisotopic (exact) mass is 551 g/mol. The second-order valence-corrected chi connectivity index (χ2v) is 11.9. The highest BCUT2D eigenvalue weighted by molar-refractivity contribution is 6.32. The molecule has 1 heterocycles. The first-order valence-electron chi connectivity index (χ1n) is 13.4. The Morgan fingerprint density at radius 2 is 1.56 bits per heavy atom. The van der Waals surface area contributed by atoms with Gasteiger partial charge in [0.1, 0.15) is 5.54 Å². The zero-order valence-electron chi connectivity index (χ0n) is 21.6. The molecule has 0 aromatic heterocycles. The molecule has 4 aromatic rings. The second-order valence-electron chi connectivity index (χ2n) is 11.0. The molecular formula is C34H27Cl2NO2. The maximum absolute atomic E-state index is 15.1. The van der Waals surface area contributed by atoms with Crippen LogP contribution in [0.1, 0.15) is 52.2 Å². The molecule has 194 valence electrons. The zero-order valence-corrected chi connectivity index (χ0v) is 23.1. The van der Waals surface area contributed by atoms with E-state index in [1.807, 2.05) is 92.0 Å². The molecule has 1 saturated heterocycles. The third kappa shape index (κ3) is 3.15. The van der Waals surface area contributed by atoms with Gasteiger partial charge < -0.3 is 0 Å². The van der Waals surface area contributed by atoms with Gasteiger partial charge in [0.15, 0.2) is 11.6 Å². The largest absolute Gasteiger partial charge is 0.294 e. The van der Waals surface area contributed by atoms with Crippen molar-refractivity contribution in [1.82, 2.24) is 4.90 Å². The molecule has 3 nitrogen and oxygen atoms in total. The molecule has 0 N–H and O–H groups in total. The van der Waals surface area contributed by atoms with Crippen LogP contribution in [0.3, 0.4) is 0 Å². The van der Waals surface area contributed by atoms with Gasteiger partial charge in [-0.05, 0) is 77.6 Å². The van der Waals surface area contributed by atoms with Gasteiger partial charge in [-0.2, -0.15) is 0 Å². The normalized spacial score (nSPS) is 27.5. The van der Waals surface area contributed by atoms with Crippen molar-refractivity contribution in [3.8, 4) is 0 Å². The van der Waals surface area contributed by atoms with Crippen molar-refractivity contribution in [2.45, 2.75) is 30.7 Å². The standard InChI is InChI=1S/C34H27Cl2NO2/c1-37-20-27(24-13-3-5-17-29(24)36)33(18-8-12-23(31(33)38)19-22-9-2-4-16-28(22)35)34(37)26-15-7-11-21-10-6-14-25(30(21)26)32(34)39/h2-7,9-11,13-17,19,27H,8,12,18,20H2,1H3/b23-19+/t27-,33+,34+/m1/s1. The number of Topliss-reactive ketones (excluding diaryl/α,β-unsaturated/α-hetero) is 2. The van der Waals surface area contributed by atoms with Crippen LogP contribution < -0.4 is 0 Å². The lowest BCUT2D eigenvalue weighted by atomic mass is 9.53. The predicted molar refractivity (Wildman–Crippen MR) is 157 cm³/mol. The summed E-state index contributed by atoms with van der Waals surface area (Å²) in [6.45, 7) is 0.547. The number of likely N-dealkylation sites (N-methyl/N-ethyl adjacent to an activating group) is 1. The van der Waals surface area contributed by atoms with Gasteiger partial charge in [0.2, 0.25) is 0 Å². The van der Waals surface area contributed by atoms with Crippen LogP contribution in [0, 0.1) is 5.41 Å². The summed E-state index contributed by atoms with van der Waals surface area (Å²) in [7, 11) is 2.00. The topological polar surface area (TPSA) is 37.4 Å². The molecule has 0 amide bonds. The van der Waals surface area contributed by atoms with E-state index in [4.69, 9.17) is 23.2 Å². The highest BCUT2D eigenvalue weighted by Crippen LogP contribution is 2.67. The van der Waals surface area contributed by atoms with Gasteiger partial charge in [-0.3, -0.25) is 14.5 Å². The molecule has 0 radical (unpaired) electrons. The Kier molecular flexibility index (Phi) is 5.65. The van der Waals surface area contributed by atoms with E-state index in [1.54, 1.807) is 0 Å². The van der Waals surface area contributed by atoms with E-state index in [2.05, 4.69) is 11.0 Å². The van der Waals surface area contributed by atoms with Gasteiger partial charge in [-0.25, -0.2) is 0 Å². The molecule has 2 spiro atoms. The van der Waals surface area contributed by atoms with Crippen molar-refractivity contribution < 1.29 is 9.59 Å². The molecular weight excluding hydrogens is 525 g/mol. The van der Waals surface area contributed by atoms with Crippen LogP contribution in [0.2, 0.25) is 10.0 Å². The first kappa shape index (κ1) is 24.8. The number of carbonyl (C=O) groups excluding carboxylic acids is 2. The maximum Gasteiger partial charge on any atom is 0.189 e. The third-order valence-corrected chi connectivity index (χ3v) is 10.1. The minimum atomic E-state index is -1.13. The fraction of sp³-hybridized carbons (Fsp3) is 0.235. The van der Waals surface area contributed by atoms with Crippen molar-refractivity contribution >= 4 is 51.6 Å². The van der Waals surface area contributed by atoms with Gasteiger partial charge in [-0.15, -0.1) is 0 Å². The Hall–Kier alpha value is -3.24. The summed E-state index contributed by atoms with van der Waals surface area (Å²) in [6, 6.07) is 27.4. The Morgan fingerprint density at radius 3 is 2.33 bits per heavy atom. The van der Waals surface area contributed by atoms with E-state index in [1.165, 1.54) is 0 Å². The van der Waals surface area contributed by atoms with Crippen LogP contribution in [0.5, 0.6) is 0 Å². The molecule has 39 heavy (non-hydrogen) atoms. The van der Waals surface area contributed by atoms with Gasteiger partial charge in [0.05, 0.1) is 5.41 Å². The molecule has 3 aliphatic rings. The van der Waals surface area contributed by atoms with Gasteiger partial charge in [0, 0.05) is 28.1 Å². The number of ketones is 2. The first-order valence-corrected chi connectivity index (χ1v) is 14.2. The molecule has 2 fully saturated rings. The lowest BCUT2D eigenvalue weighted by Gasteiger charge is -2.49. The number of likely N-dealkylation sites (tertiary alicyclic amines) is 1. The Bertz CT molecular complexity index is 1720. The van der Waals surface area contributed by atoms with E-state index in [0.29, 0.717) is 35.0 Å². The highest BCUT2D eigenvalue weighted by Gasteiger charge is 2.73. The Balaban J connectivity index is 1.54. The van der Waals surface area contributed by atoms with Crippen molar-refractivity contribution in [1.29, 1.82) is 0 Å². The number of halogens is 2. The number of carbonyl (C=O) groups is 2.